The molecule has 1 unspecified atom stereocenters. The lowest BCUT2D eigenvalue weighted by Crippen LogP contribution is -2.27. The van der Waals surface area contributed by atoms with Crippen molar-refractivity contribution in [1.29, 1.82) is 0 Å². The van der Waals surface area contributed by atoms with Crippen molar-refractivity contribution in [2.75, 3.05) is 6.61 Å². The largest absolute Gasteiger partial charge is 0.494 e. The fourth-order valence-electron chi connectivity index (χ4n) is 3.27. The van der Waals surface area contributed by atoms with Crippen LogP contribution in [0.3, 0.4) is 0 Å². The van der Waals surface area contributed by atoms with Crippen LogP contribution in [0.1, 0.15) is 42.9 Å². The minimum absolute atomic E-state index is 0.659. The highest BCUT2D eigenvalue weighted by Crippen LogP contribution is 2.39. The van der Waals surface area contributed by atoms with Crippen molar-refractivity contribution in [3.63, 3.8) is 0 Å². The zero-order chi connectivity index (χ0) is 14.7. The van der Waals surface area contributed by atoms with Crippen LogP contribution in [-0.4, -0.2) is 11.7 Å². The number of ether oxygens (including phenoxy) is 1. The average Bonchev–Trinajstić information content (AvgIpc) is 2.69. The molecule has 2 aromatic rings. The Morgan fingerprint density at radius 1 is 1.05 bits per heavy atom. The molecule has 0 fully saturated rings. The summed E-state index contributed by atoms with van der Waals surface area (Å²) < 4.78 is 5.49. The van der Waals surface area contributed by atoms with Crippen LogP contribution in [-0.2, 0) is 12.0 Å². The summed E-state index contributed by atoms with van der Waals surface area (Å²) in [6.07, 6.45) is 4.00. The third-order valence-corrected chi connectivity index (χ3v) is 4.34. The lowest BCUT2D eigenvalue weighted by molar-refractivity contribution is 0.0704. The highest BCUT2D eigenvalue weighted by Gasteiger charge is 2.34. The molecule has 0 aliphatic heterocycles. The van der Waals surface area contributed by atoms with E-state index in [0.29, 0.717) is 6.61 Å². The van der Waals surface area contributed by atoms with Gasteiger partial charge in [0.15, 0.2) is 0 Å². The molecule has 1 atom stereocenters. The molecule has 2 nitrogen and oxygen atoms in total. The van der Waals surface area contributed by atoms with Crippen molar-refractivity contribution in [3.8, 4) is 5.75 Å². The normalized spacial score (nSPS) is 21.4. The molecule has 0 heterocycles. The third kappa shape index (κ3) is 2.68. The van der Waals surface area contributed by atoms with Crippen LogP contribution in [0.25, 0.3) is 0 Å². The van der Waals surface area contributed by atoms with E-state index >= 15 is 0 Å². The van der Waals surface area contributed by atoms with Crippen molar-refractivity contribution in [1.82, 2.24) is 0 Å². The number of hydrogen-bond acceptors (Lipinski definition) is 2. The van der Waals surface area contributed by atoms with E-state index in [-0.39, 0.29) is 0 Å². The summed E-state index contributed by atoms with van der Waals surface area (Å²) in [5.74, 6) is 0.853. The summed E-state index contributed by atoms with van der Waals surface area (Å²) >= 11 is 0. The first-order valence-electron chi connectivity index (χ1n) is 7.78. The third-order valence-electron chi connectivity index (χ3n) is 4.34. The van der Waals surface area contributed by atoms with Gasteiger partial charge in [-0.15, -0.1) is 0 Å². The van der Waals surface area contributed by atoms with Gasteiger partial charge in [0.25, 0.3) is 0 Å². The van der Waals surface area contributed by atoms with Gasteiger partial charge in [-0.3, -0.25) is 0 Å². The van der Waals surface area contributed by atoms with Crippen LogP contribution in [0.5, 0.6) is 5.75 Å². The Morgan fingerprint density at radius 3 is 2.57 bits per heavy atom. The molecule has 0 radical (unpaired) electrons. The Bertz CT molecular complexity index is 603. The van der Waals surface area contributed by atoms with Crippen LogP contribution in [0.4, 0.5) is 0 Å². The number of fused-ring (bicyclic) bond motifs is 1. The molecule has 1 N–H and O–H groups in total. The predicted molar refractivity (Wildman–Crippen MR) is 84.6 cm³/mol. The maximum absolute atomic E-state index is 11.4. The number of aryl methyl sites for hydroxylation is 1. The van der Waals surface area contributed by atoms with Crippen molar-refractivity contribution in [2.24, 2.45) is 0 Å². The van der Waals surface area contributed by atoms with Crippen molar-refractivity contribution in [2.45, 2.75) is 38.2 Å². The summed E-state index contributed by atoms with van der Waals surface area (Å²) in [6, 6.07) is 16.2. The van der Waals surface area contributed by atoms with E-state index in [1.165, 1.54) is 5.56 Å². The minimum Gasteiger partial charge on any atom is -0.494 e. The van der Waals surface area contributed by atoms with E-state index in [2.05, 4.69) is 18.2 Å². The SMILES string of the molecule is CCOc1ccc(C2(O)CCCCc3ccccc32)cc1. The second-order valence-electron chi connectivity index (χ2n) is 5.68. The molecule has 0 amide bonds. The molecule has 0 aromatic heterocycles. The molecule has 2 heteroatoms. The van der Waals surface area contributed by atoms with Gasteiger partial charge >= 0.3 is 0 Å². The van der Waals surface area contributed by atoms with Crippen molar-refractivity contribution in [3.05, 3.63) is 65.2 Å². The van der Waals surface area contributed by atoms with Crippen LogP contribution in [0, 0.1) is 0 Å². The molecule has 21 heavy (non-hydrogen) atoms. The average molecular weight is 282 g/mol. The quantitative estimate of drug-likeness (QED) is 0.861. The van der Waals surface area contributed by atoms with Crippen LogP contribution < -0.4 is 4.74 Å². The van der Waals surface area contributed by atoms with Gasteiger partial charge in [-0.05, 0) is 61.4 Å². The molecule has 1 aliphatic rings. The first-order chi connectivity index (χ1) is 10.2. The Labute approximate surface area is 126 Å². The monoisotopic (exact) mass is 282 g/mol. The van der Waals surface area contributed by atoms with Gasteiger partial charge in [0.2, 0.25) is 0 Å². The van der Waals surface area contributed by atoms with E-state index in [1.807, 2.05) is 37.3 Å². The number of rotatable bonds is 3. The topological polar surface area (TPSA) is 29.5 Å². The van der Waals surface area contributed by atoms with Crippen molar-refractivity contribution >= 4 is 0 Å². The summed E-state index contributed by atoms with van der Waals surface area (Å²) in [5.41, 5.74) is 2.41. The minimum atomic E-state index is -0.877. The summed E-state index contributed by atoms with van der Waals surface area (Å²) in [4.78, 5) is 0. The van der Waals surface area contributed by atoms with E-state index in [9.17, 15) is 5.11 Å². The number of benzene rings is 2. The molecule has 0 spiro atoms. The molecular formula is C19H22O2. The molecule has 0 saturated carbocycles. The Hall–Kier alpha value is -1.80. The molecule has 1 aliphatic carbocycles. The van der Waals surface area contributed by atoms with Gasteiger partial charge in [-0.2, -0.15) is 0 Å². The van der Waals surface area contributed by atoms with Gasteiger partial charge in [0.1, 0.15) is 11.4 Å². The molecule has 110 valence electrons. The van der Waals surface area contributed by atoms with Gasteiger partial charge in [0, 0.05) is 0 Å². The Morgan fingerprint density at radius 2 is 1.81 bits per heavy atom. The lowest BCUT2D eigenvalue weighted by atomic mass is 9.82. The maximum atomic E-state index is 11.4. The predicted octanol–water partition coefficient (Wildman–Crippen LogP) is 4.05. The highest BCUT2D eigenvalue weighted by molar-refractivity contribution is 5.43. The number of aliphatic hydroxyl groups is 1. The van der Waals surface area contributed by atoms with E-state index in [4.69, 9.17) is 4.74 Å². The van der Waals surface area contributed by atoms with E-state index < -0.39 is 5.60 Å². The zero-order valence-electron chi connectivity index (χ0n) is 12.5. The first kappa shape index (κ1) is 14.2. The fourth-order valence-corrected chi connectivity index (χ4v) is 3.27. The summed E-state index contributed by atoms with van der Waals surface area (Å²) in [7, 11) is 0. The standard InChI is InChI=1S/C19H22O2/c1-2-21-17-12-10-16(11-13-17)19(20)14-6-5-8-15-7-3-4-9-18(15)19/h3-4,7,9-13,20H,2,5-6,8,14H2,1H3. The molecule has 0 saturated heterocycles. The second kappa shape index (κ2) is 5.90. The summed E-state index contributed by atoms with van der Waals surface area (Å²) in [6.45, 7) is 2.63. The number of hydrogen-bond donors (Lipinski definition) is 1. The van der Waals surface area contributed by atoms with Crippen LogP contribution >= 0.6 is 0 Å². The highest BCUT2D eigenvalue weighted by atomic mass is 16.5. The van der Waals surface area contributed by atoms with Crippen LogP contribution in [0.15, 0.2) is 48.5 Å². The molecular weight excluding hydrogens is 260 g/mol. The second-order valence-corrected chi connectivity index (χ2v) is 5.68. The lowest BCUT2D eigenvalue weighted by Gasteiger charge is -2.29. The van der Waals surface area contributed by atoms with Gasteiger partial charge < -0.3 is 9.84 Å². The molecule has 3 rings (SSSR count). The summed E-state index contributed by atoms with van der Waals surface area (Å²) in [5, 5.41) is 11.4. The molecule has 0 bridgehead atoms. The van der Waals surface area contributed by atoms with Crippen LogP contribution in [0.2, 0.25) is 0 Å². The van der Waals surface area contributed by atoms with Gasteiger partial charge in [-0.25, -0.2) is 0 Å². The Balaban J connectivity index is 2.02. The van der Waals surface area contributed by atoms with E-state index in [1.54, 1.807) is 0 Å². The fraction of sp³-hybridized carbons (Fsp3) is 0.368. The maximum Gasteiger partial charge on any atom is 0.119 e. The van der Waals surface area contributed by atoms with E-state index in [0.717, 1.165) is 42.6 Å². The van der Waals surface area contributed by atoms with Crippen molar-refractivity contribution < 1.29 is 9.84 Å². The zero-order valence-corrected chi connectivity index (χ0v) is 12.5. The van der Waals surface area contributed by atoms with Gasteiger partial charge in [-0.1, -0.05) is 36.4 Å². The Kier molecular flexibility index (Phi) is 3.98. The first-order valence-corrected chi connectivity index (χ1v) is 7.78. The van der Waals surface area contributed by atoms with Gasteiger partial charge in [0.05, 0.1) is 6.61 Å². The smallest absolute Gasteiger partial charge is 0.119 e. The molecule has 2 aromatic carbocycles.